The molecule has 3 nitrogen and oxygen atoms in total. The molecule has 0 atom stereocenters. The van der Waals surface area contributed by atoms with E-state index in [0.29, 0.717) is 13.2 Å². The average molecular weight is 251 g/mol. The SMILES string of the molecule is CCN(CC)CCOCCOc1ccc(C)cc1. The van der Waals surface area contributed by atoms with Crippen LogP contribution in [-0.2, 0) is 4.74 Å². The third-order valence-electron chi connectivity index (χ3n) is 2.96. The molecule has 0 N–H and O–H groups in total. The molecule has 0 aromatic heterocycles. The van der Waals surface area contributed by atoms with Gasteiger partial charge in [0, 0.05) is 6.54 Å². The molecule has 1 aromatic carbocycles. The Kier molecular flexibility index (Phi) is 7.46. The maximum absolute atomic E-state index is 5.58. The molecule has 0 aliphatic carbocycles. The van der Waals surface area contributed by atoms with Gasteiger partial charge in [0.25, 0.3) is 0 Å². The minimum Gasteiger partial charge on any atom is -0.491 e. The summed E-state index contributed by atoms with van der Waals surface area (Å²) in [4.78, 5) is 2.35. The van der Waals surface area contributed by atoms with E-state index in [-0.39, 0.29) is 0 Å². The Hall–Kier alpha value is -1.06. The van der Waals surface area contributed by atoms with Crippen LogP contribution in [0.4, 0.5) is 0 Å². The van der Waals surface area contributed by atoms with Crippen molar-refractivity contribution in [3.05, 3.63) is 29.8 Å². The van der Waals surface area contributed by atoms with Crippen molar-refractivity contribution in [1.29, 1.82) is 0 Å². The highest BCUT2D eigenvalue weighted by Crippen LogP contribution is 2.10. The Bertz CT molecular complexity index is 307. The summed E-state index contributed by atoms with van der Waals surface area (Å²) < 4.78 is 11.1. The summed E-state index contributed by atoms with van der Waals surface area (Å²) in [6, 6.07) is 8.09. The summed E-state index contributed by atoms with van der Waals surface area (Å²) in [5, 5.41) is 0. The molecule has 0 saturated carbocycles. The van der Waals surface area contributed by atoms with Gasteiger partial charge in [0.15, 0.2) is 0 Å². The van der Waals surface area contributed by atoms with Crippen LogP contribution in [0.25, 0.3) is 0 Å². The van der Waals surface area contributed by atoms with Crippen LogP contribution >= 0.6 is 0 Å². The Morgan fingerprint density at radius 2 is 1.61 bits per heavy atom. The lowest BCUT2D eigenvalue weighted by Crippen LogP contribution is -2.27. The lowest BCUT2D eigenvalue weighted by Gasteiger charge is -2.17. The van der Waals surface area contributed by atoms with Gasteiger partial charge in [-0.05, 0) is 32.1 Å². The van der Waals surface area contributed by atoms with E-state index >= 15 is 0 Å². The second-order valence-electron chi connectivity index (χ2n) is 4.30. The van der Waals surface area contributed by atoms with Crippen molar-refractivity contribution in [2.45, 2.75) is 20.8 Å². The van der Waals surface area contributed by atoms with Gasteiger partial charge in [-0.15, -0.1) is 0 Å². The van der Waals surface area contributed by atoms with Crippen LogP contribution in [0, 0.1) is 6.92 Å². The van der Waals surface area contributed by atoms with Crippen molar-refractivity contribution < 1.29 is 9.47 Å². The highest BCUT2D eigenvalue weighted by molar-refractivity contribution is 5.26. The van der Waals surface area contributed by atoms with Crippen LogP contribution < -0.4 is 4.74 Å². The van der Waals surface area contributed by atoms with Crippen LogP contribution in [0.1, 0.15) is 19.4 Å². The van der Waals surface area contributed by atoms with Gasteiger partial charge in [0.2, 0.25) is 0 Å². The fourth-order valence-electron chi connectivity index (χ4n) is 1.69. The molecule has 18 heavy (non-hydrogen) atoms. The topological polar surface area (TPSA) is 21.7 Å². The lowest BCUT2D eigenvalue weighted by molar-refractivity contribution is 0.0819. The van der Waals surface area contributed by atoms with Gasteiger partial charge >= 0.3 is 0 Å². The van der Waals surface area contributed by atoms with Gasteiger partial charge in [-0.3, -0.25) is 0 Å². The summed E-state index contributed by atoms with van der Waals surface area (Å²) in [5.41, 5.74) is 1.25. The molecule has 0 unspecified atom stereocenters. The van der Waals surface area contributed by atoms with Crippen LogP contribution in [0.2, 0.25) is 0 Å². The van der Waals surface area contributed by atoms with Crippen molar-refractivity contribution in [1.82, 2.24) is 4.90 Å². The molecule has 1 rings (SSSR count). The number of hydrogen-bond donors (Lipinski definition) is 0. The fraction of sp³-hybridized carbons (Fsp3) is 0.600. The van der Waals surface area contributed by atoms with Gasteiger partial charge in [-0.1, -0.05) is 31.5 Å². The normalized spacial score (nSPS) is 10.9. The van der Waals surface area contributed by atoms with E-state index in [2.05, 4.69) is 37.8 Å². The maximum Gasteiger partial charge on any atom is 0.119 e. The van der Waals surface area contributed by atoms with Crippen LogP contribution in [0.15, 0.2) is 24.3 Å². The van der Waals surface area contributed by atoms with Gasteiger partial charge in [0.1, 0.15) is 12.4 Å². The minimum absolute atomic E-state index is 0.612. The quantitative estimate of drug-likeness (QED) is 0.630. The number of likely N-dealkylation sites (N-methyl/N-ethyl adjacent to an activating group) is 1. The number of benzene rings is 1. The molecule has 0 spiro atoms. The van der Waals surface area contributed by atoms with Crippen molar-refractivity contribution in [3.8, 4) is 5.75 Å². The predicted molar refractivity (Wildman–Crippen MR) is 75.3 cm³/mol. The molecule has 0 bridgehead atoms. The first-order chi connectivity index (χ1) is 8.76. The molecule has 0 fully saturated rings. The zero-order chi connectivity index (χ0) is 13.2. The van der Waals surface area contributed by atoms with Crippen LogP contribution in [0.3, 0.4) is 0 Å². The first-order valence-electron chi connectivity index (χ1n) is 6.75. The van der Waals surface area contributed by atoms with E-state index < -0.39 is 0 Å². The molecular formula is C15H25NO2. The van der Waals surface area contributed by atoms with E-state index in [1.807, 2.05) is 12.1 Å². The number of hydrogen-bond acceptors (Lipinski definition) is 3. The summed E-state index contributed by atoms with van der Waals surface area (Å²) in [6.45, 7) is 11.6. The van der Waals surface area contributed by atoms with Crippen molar-refractivity contribution in [2.75, 3.05) is 39.5 Å². The predicted octanol–water partition coefficient (Wildman–Crippen LogP) is 2.73. The van der Waals surface area contributed by atoms with Crippen molar-refractivity contribution in [3.63, 3.8) is 0 Å². The molecule has 0 aliphatic heterocycles. The highest BCUT2D eigenvalue weighted by atomic mass is 16.5. The van der Waals surface area contributed by atoms with E-state index in [1.54, 1.807) is 0 Å². The Labute approximate surface area is 111 Å². The van der Waals surface area contributed by atoms with Gasteiger partial charge < -0.3 is 14.4 Å². The van der Waals surface area contributed by atoms with Crippen molar-refractivity contribution in [2.24, 2.45) is 0 Å². The second-order valence-corrected chi connectivity index (χ2v) is 4.30. The number of aryl methyl sites for hydroxylation is 1. The zero-order valence-electron chi connectivity index (χ0n) is 11.8. The molecule has 3 heteroatoms. The Morgan fingerprint density at radius 1 is 0.944 bits per heavy atom. The molecule has 102 valence electrons. The highest BCUT2D eigenvalue weighted by Gasteiger charge is 1.98. The van der Waals surface area contributed by atoms with Crippen LogP contribution in [0.5, 0.6) is 5.75 Å². The van der Waals surface area contributed by atoms with E-state index in [9.17, 15) is 0 Å². The van der Waals surface area contributed by atoms with Gasteiger partial charge in [-0.25, -0.2) is 0 Å². The average Bonchev–Trinajstić information content (AvgIpc) is 2.40. The summed E-state index contributed by atoms with van der Waals surface area (Å²) >= 11 is 0. The van der Waals surface area contributed by atoms with Gasteiger partial charge in [-0.2, -0.15) is 0 Å². The van der Waals surface area contributed by atoms with Crippen LogP contribution in [-0.4, -0.2) is 44.4 Å². The molecule has 0 amide bonds. The zero-order valence-corrected chi connectivity index (χ0v) is 11.8. The standard InChI is InChI=1S/C15H25NO2/c1-4-16(5-2)10-11-17-12-13-18-15-8-6-14(3)7-9-15/h6-9H,4-5,10-13H2,1-3H3. The van der Waals surface area contributed by atoms with E-state index in [0.717, 1.165) is 32.0 Å². The number of ether oxygens (including phenoxy) is 2. The molecule has 0 heterocycles. The first kappa shape index (κ1) is 15.0. The maximum atomic E-state index is 5.58. The molecular weight excluding hydrogens is 226 g/mol. The first-order valence-corrected chi connectivity index (χ1v) is 6.75. The number of rotatable bonds is 9. The molecule has 0 saturated heterocycles. The van der Waals surface area contributed by atoms with E-state index in [4.69, 9.17) is 9.47 Å². The monoisotopic (exact) mass is 251 g/mol. The Balaban J connectivity index is 2.03. The molecule has 0 radical (unpaired) electrons. The Morgan fingerprint density at radius 3 is 2.22 bits per heavy atom. The third-order valence-corrected chi connectivity index (χ3v) is 2.96. The van der Waals surface area contributed by atoms with Crippen molar-refractivity contribution >= 4 is 0 Å². The summed E-state index contributed by atoms with van der Waals surface area (Å²) in [5.74, 6) is 0.910. The third kappa shape index (κ3) is 6.03. The number of nitrogens with zero attached hydrogens (tertiary/aromatic N) is 1. The summed E-state index contributed by atoms with van der Waals surface area (Å²) in [6.07, 6.45) is 0. The molecule has 0 aliphatic rings. The summed E-state index contributed by atoms with van der Waals surface area (Å²) in [7, 11) is 0. The minimum atomic E-state index is 0.612. The smallest absolute Gasteiger partial charge is 0.119 e. The fourth-order valence-corrected chi connectivity index (χ4v) is 1.69. The van der Waals surface area contributed by atoms with E-state index in [1.165, 1.54) is 5.56 Å². The molecule has 1 aromatic rings. The second kappa shape index (κ2) is 8.95. The largest absolute Gasteiger partial charge is 0.491 e. The van der Waals surface area contributed by atoms with Gasteiger partial charge in [0.05, 0.1) is 13.2 Å². The lowest BCUT2D eigenvalue weighted by atomic mass is 10.2.